The Balaban J connectivity index is 1.98. The Labute approximate surface area is 109 Å². The van der Waals surface area contributed by atoms with Crippen LogP contribution < -0.4 is 10.6 Å². The third-order valence-electron chi connectivity index (χ3n) is 3.28. The zero-order valence-electron chi connectivity index (χ0n) is 10.7. The van der Waals surface area contributed by atoms with Gasteiger partial charge in [0.15, 0.2) is 0 Å². The van der Waals surface area contributed by atoms with E-state index in [1.165, 1.54) is 6.07 Å². The summed E-state index contributed by atoms with van der Waals surface area (Å²) in [5.74, 6) is -2.22. The summed E-state index contributed by atoms with van der Waals surface area (Å²) in [6, 6.07) is 3.16. The van der Waals surface area contributed by atoms with Crippen molar-refractivity contribution in [3.05, 3.63) is 29.6 Å². The number of hydrogen-bond donors (Lipinski definition) is 3. The monoisotopic (exact) mass is 266 g/mol. The Morgan fingerprint density at radius 2 is 2.05 bits per heavy atom. The van der Waals surface area contributed by atoms with Gasteiger partial charge in [0.2, 0.25) is 0 Å². The summed E-state index contributed by atoms with van der Waals surface area (Å²) in [5.41, 5.74) is -0.0943. The van der Waals surface area contributed by atoms with Gasteiger partial charge in [0, 0.05) is 11.7 Å². The quantitative estimate of drug-likeness (QED) is 0.786. The van der Waals surface area contributed by atoms with Gasteiger partial charge in [0.25, 0.3) is 0 Å². The van der Waals surface area contributed by atoms with E-state index in [1.54, 1.807) is 0 Å². The smallest absolute Gasteiger partial charge is 0.338 e. The molecule has 0 heterocycles. The lowest BCUT2D eigenvalue weighted by molar-refractivity contribution is 0.0692. The lowest BCUT2D eigenvalue weighted by Crippen LogP contribution is -2.32. The Morgan fingerprint density at radius 3 is 2.53 bits per heavy atom. The molecule has 1 atom stereocenters. The number of hydrogen-bond acceptors (Lipinski definition) is 2. The summed E-state index contributed by atoms with van der Waals surface area (Å²) >= 11 is 0. The van der Waals surface area contributed by atoms with E-state index in [0.717, 1.165) is 18.6 Å². The number of urea groups is 1. The van der Waals surface area contributed by atoms with Gasteiger partial charge in [0.1, 0.15) is 5.82 Å². The highest BCUT2D eigenvalue weighted by Crippen LogP contribution is 2.44. The third-order valence-corrected chi connectivity index (χ3v) is 3.28. The predicted octanol–water partition coefficient (Wildman–Crippen LogP) is 2.44. The summed E-state index contributed by atoms with van der Waals surface area (Å²) < 4.78 is 13.4. The topological polar surface area (TPSA) is 78.4 Å². The minimum atomic E-state index is -1.34. The zero-order valence-corrected chi connectivity index (χ0v) is 10.7. The van der Waals surface area contributed by atoms with Gasteiger partial charge in [-0.15, -0.1) is 0 Å². The number of carbonyl (C=O) groups is 2. The highest BCUT2D eigenvalue weighted by atomic mass is 19.1. The van der Waals surface area contributed by atoms with Crippen molar-refractivity contribution < 1.29 is 19.1 Å². The molecule has 0 bridgehead atoms. The molecule has 1 aromatic carbocycles. The fourth-order valence-corrected chi connectivity index (χ4v) is 1.81. The van der Waals surface area contributed by atoms with Crippen LogP contribution in [0.25, 0.3) is 0 Å². The first-order chi connectivity index (χ1) is 8.79. The van der Waals surface area contributed by atoms with Crippen LogP contribution in [0.2, 0.25) is 0 Å². The number of anilines is 1. The molecule has 0 spiro atoms. The summed E-state index contributed by atoms with van der Waals surface area (Å²) in [6.45, 7) is 4.08. The van der Waals surface area contributed by atoms with Gasteiger partial charge in [0.05, 0.1) is 5.56 Å². The van der Waals surface area contributed by atoms with E-state index in [1.807, 2.05) is 13.8 Å². The molecule has 2 rings (SSSR count). The van der Waals surface area contributed by atoms with Crippen LogP contribution in [0.3, 0.4) is 0 Å². The van der Waals surface area contributed by atoms with Crippen LogP contribution in [0.15, 0.2) is 18.2 Å². The van der Waals surface area contributed by atoms with Crippen molar-refractivity contribution >= 4 is 17.7 Å². The molecule has 3 N–H and O–H groups in total. The Kier molecular flexibility index (Phi) is 3.18. The minimum Gasteiger partial charge on any atom is -0.478 e. The fraction of sp³-hybridized carbons (Fsp3) is 0.385. The van der Waals surface area contributed by atoms with Crippen molar-refractivity contribution in [2.75, 3.05) is 5.32 Å². The lowest BCUT2D eigenvalue weighted by Gasteiger charge is -2.09. The molecule has 1 unspecified atom stereocenters. The van der Waals surface area contributed by atoms with Crippen LogP contribution in [-0.2, 0) is 0 Å². The number of benzene rings is 1. The van der Waals surface area contributed by atoms with E-state index in [2.05, 4.69) is 10.6 Å². The maximum absolute atomic E-state index is 13.4. The van der Waals surface area contributed by atoms with Crippen LogP contribution in [0.1, 0.15) is 30.6 Å². The van der Waals surface area contributed by atoms with Crippen molar-refractivity contribution in [1.29, 1.82) is 0 Å². The molecule has 0 radical (unpaired) electrons. The summed E-state index contributed by atoms with van der Waals surface area (Å²) in [5, 5.41) is 13.9. The molecule has 1 aliphatic rings. The number of carbonyl (C=O) groups excluding carboxylic acids is 1. The van der Waals surface area contributed by atoms with Gasteiger partial charge in [-0.05, 0) is 30.0 Å². The normalized spacial score (nSPS) is 19.6. The molecule has 6 heteroatoms. The molecule has 102 valence electrons. The molecule has 0 aromatic heterocycles. The van der Waals surface area contributed by atoms with Crippen LogP contribution in [0.5, 0.6) is 0 Å². The first kappa shape index (κ1) is 13.3. The van der Waals surface area contributed by atoms with E-state index in [-0.39, 0.29) is 17.1 Å². The van der Waals surface area contributed by atoms with Crippen molar-refractivity contribution in [3.8, 4) is 0 Å². The Bertz CT molecular complexity index is 543. The Hall–Kier alpha value is -2.11. The van der Waals surface area contributed by atoms with Crippen molar-refractivity contribution in [2.24, 2.45) is 5.41 Å². The average molecular weight is 266 g/mol. The Morgan fingerprint density at radius 1 is 1.42 bits per heavy atom. The van der Waals surface area contributed by atoms with Crippen LogP contribution in [0.4, 0.5) is 14.9 Å². The van der Waals surface area contributed by atoms with Gasteiger partial charge in [-0.25, -0.2) is 14.0 Å². The van der Waals surface area contributed by atoms with E-state index in [0.29, 0.717) is 0 Å². The molecule has 1 aromatic rings. The van der Waals surface area contributed by atoms with Crippen LogP contribution in [0, 0.1) is 11.2 Å². The first-order valence-electron chi connectivity index (χ1n) is 5.90. The highest BCUT2D eigenvalue weighted by Gasteiger charge is 2.46. The summed E-state index contributed by atoms with van der Waals surface area (Å²) in [7, 11) is 0. The van der Waals surface area contributed by atoms with Gasteiger partial charge in [-0.1, -0.05) is 13.8 Å². The van der Waals surface area contributed by atoms with Gasteiger partial charge in [-0.2, -0.15) is 0 Å². The third kappa shape index (κ3) is 3.01. The molecule has 0 aliphatic heterocycles. The first-order valence-corrected chi connectivity index (χ1v) is 5.90. The van der Waals surface area contributed by atoms with Crippen LogP contribution in [-0.4, -0.2) is 23.1 Å². The average Bonchev–Trinajstić information content (AvgIpc) is 2.84. The molecule has 19 heavy (non-hydrogen) atoms. The van der Waals surface area contributed by atoms with Crippen molar-refractivity contribution in [2.45, 2.75) is 26.3 Å². The molecule has 5 nitrogen and oxygen atoms in total. The molecule has 0 saturated heterocycles. The second kappa shape index (κ2) is 4.53. The lowest BCUT2D eigenvalue weighted by atomic mass is 10.2. The van der Waals surface area contributed by atoms with E-state index in [4.69, 9.17) is 5.11 Å². The summed E-state index contributed by atoms with van der Waals surface area (Å²) in [4.78, 5) is 22.3. The van der Waals surface area contributed by atoms with Gasteiger partial charge in [-0.3, -0.25) is 0 Å². The number of carboxylic acids is 1. The number of rotatable bonds is 3. The molecule has 1 saturated carbocycles. The highest BCUT2D eigenvalue weighted by molar-refractivity contribution is 5.92. The SMILES string of the molecule is CC1(C)CC1NC(=O)Nc1ccc(C(=O)O)c(F)c1. The number of carboxylic acid groups (broad SMARTS) is 1. The predicted molar refractivity (Wildman–Crippen MR) is 67.7 cm³/mol. The van der Waals surface area contributed by atoms with Crippen LogP contribution >= 0.6 is 0 Å². The van der Waals surface area contributed by atoms with Gasteiger partial charge < -0.3 is 15.7 Å². The maximum Gasteiger partial charge on any atom is 0.338 e. The number of nitrogens with one attached hydrogen (secondary N) is 2. The van der Waals surface area contributed by atoms with E-state index in [9.17, 15) is 14.0 Å². The van der Waals surface area contributed by atoms with Gasteiger partial charge >= 0.3 is 12.0 Å². The molecular weight excluding hydrogens is 251 g/mol. The largest absolute Gasteiger partial charge is 0.478 e. The molecule has 1 fully saturated rings. The van der Waals surface area contributed by atoms with Crippen molar-refractivity contribution in [1.82, 2.24) is 5.32 Å². The zero-order chi connectivity index (χ0) is 14.2. The summed E-state index contributed by atoms with van der Waals surface area (Å²) in [6.07, 6.45) is 0.909. The fourth-order valence-electron chi connectivity index (χ4n) is 1.81. The molecule has 2 amide bonds. The van der Waals surface area contributed by atoms with E-state index >= 15 is 0 Å². The van der Waals surface area contributed by atoms with Crippen molar-refractivity contribution in [3.63, 3.8) is 0 Å². The molecule has 1 aliphatic carbocycles. The van der Waals surface area contributed by atoms with E-state index < -0.39 is 23.4 Å². The number of amides is 2. The second-order valence-corrected chi connectivity index (χ2v) is 5.34. The minimum absolute atomic E-state index is 0.107. The second-order valence-electron chi connectivity index (χ2n) is 5.34. The maximum atomic E-state index is 13.4. The number of aromatic carboxylic acids is 1. The number of halogens is 1. The molecular formula is C13H15FN2O3. The standard InChI is InChI=1S/C13H15FN2O3/c1-13(2)6-10(13)16-12(19)15-7-3-4-8(11(17)18)9(14)5-7/h3-5,10H,6H2,1-2H3,(H,17,18)(H2,15,16,19).